The third-order valence-electron chi connectivity index (χ3n) is 18.0. The largest absolute Gasteiger partial charge is 0.439 e. The molecule has 16 rings (SSSR count). The molecule has 0 aliphatic heterocycles. The zero-order valence-electron chi connectivity index (χ0n) is 43.8. The van der Waals surface area contributed by atoms with E-state index < -0.39 is 0 Å². The molecule has 0 spiro atoms. The molecule has 4 heteroatoms. The molecule has 0 radical (unpaired) electrons. The number of furan rings is 1. The monoisotopic (exact) mass is 1010 g/mol. The fourth-order valence-corrected chi connectivity index (χ4v) is 14.1. The standard InChI is InChI=1S/C74H59N3O/c1-4-14-48(15-5-1)53-24-32-59(33-25-53)75(61-36-28-51-20-10-12-22-55(51)42-61)63-38-30-58-45-68-72-65-40-39-64(76(62-37-29-52-21-11-13-23-56(52)43-62)60-34-26-54(27-35-60)49-16-6-2-7-17-49)47-70(65)78-74(72)77-69-41-31-57(50-18-8-3-9-19-50)44-67(69)71(73(68)77)66(58)46-63/h3,8-13,18-49H,1-2,4-7,14-17H2. The van der Waals surface area contributed by atoms with E-state index in [-0.39, 0.29) is 0 Å². The van der Waals surface area contributed by atoms with Gasteiger partial charge in [-0.05, 0) is 183 Å². The molecule has 0 atom stereocenters. The molecule has 2 saturated carbocycles. The van der Waals surface area contributed by atoms with Crippen LogP contribution in [-0.2, 0) is 0 Å². The molecular formula is C74H59N3O. The van der Waals surface area contributed by atoms with Crippen molar-refractivity contribution in [3.8, 4) is 11.1 Å². The Balaban J connectivity index is 0.890. The summed E-state index contributed by atoms with van der Waals surface area (Å²) in [5, 5.41) is 13.3. The van der Waals surface area contributed by atoms with Gasteiger partial charge < -0.3 is 14.2 Å². The van der Waals surface area contributed by atoms with Crippen LogP contribution in [0, 0.1) is 0 Å². The Morgan fingerprint density at radius 1 is 0.333 bits per heavy atom. The number of benzene rings is 11. The molecule has 14 aromatic rings. The van der Waals surface area contributed by atoms with Crippen molar-refractivity contribution in [3.63, 3.8) is 0 Å². The van der Waals surface area contributed by atoms with Crippen molar-refractivity contribution in [2.75, 3.05) is 9.80 Å². The van der Waals surface area contributed by atoms with Crippen LogP contribution in [0.15, 0.2) is 229 Å². The molecule has 0 unspecified atom stereocenters. The molecule has 0 bridgehead atoms. The van der Waals surface area contributed by atoms with Gasteiger partial charge in [0.15, 0.2) is 0 Å². The number of rotatable bonds is 9. The summed E-state index contributed by atoms with van der Waals surface area (Å²) in [7, 11) is 0. The third-order valence-corrected chi connectivity index (χ3v) is 18.0. The number of hydrogen-bond donors (Lipinski definition) is 0. The highest BCUT2D eigenvalue weighted by Crippen LogP contribution is 2.50. The van der Waals surface area contributed by atoms with Crippen molar-refractivity contribution in [2.45, 2.75) is 76.0 Å². The fourth-order valence-electron chi connectivity index (χ4n) is 14.1. The van der Waals surface area contributed by atoms with E-state index in [1.54, 1.807) is 0 Å². The average molecular weight is 1010 g/mol. The first kappa shape index (κ1) is 45.3. The minimum Gasteiger partial charge on any atom is -0.439 e. The van der Waals surface area contributed by atoms with Crippen LogP contribution in [0.25, 0.3) is 92.7 Å². The lowest BCUT2D eigenvalue weighted by Crippen LogP contribution is -2.10. The van der Waals surface area contributed by atoms with Crippen LogP contribution in [0.1, 0.15) is 87.2 Å². The molecule has 3 heterocycles. The Bertz CT molecular complexity index is 4570. The lowest BCUT2D eigenvalue weighted by molar-refractivity contribution is 0.443. The van der Waals surface area contributed by atoms with E-state index in [1.807, 2.05) is 0 Å². The normalized spacial score (nSPS) is 14.8. The van der Waals surface area contributed by atoms with Crippen molar-refractivity contribution in [1.82, 2.24) is 4.40 Å². The minimum atomic E-state index is 0.643. The second-order valence-corrected chi connectivity index (χ2v) is 22.5. The van der Waals surface area contributed by atoms with Crippen molar-refractivity contribution in [3.05, 3.63) is 236 Å². The Kier molecular flexibility index (Phi) is 10.7. The molecule has 2 aliphatic rings. The van der Waals surface area contributed by atoms with Crippen LogP contribution >= 0.6 is 0 Å². The molecule has 2 fully saturated rings. The van der Waals surface area contributed by atoms with Crippen molar-refractivity contribution in [1.29, 1.82) is 0 Å². The van der Waals surface area contributed by atoms with E-state index in [2.05, 4.69) is 239 Å². The molecule has 0 N–H and O–H groups in total. The first-order chi connectivity index (χ1) is 38.6. The van der Waals surface area contributed by atoms with Crippen molar-refractivity contribution in [2.24, 2.45) is 0 Å². The summed E-state index contributed by atoms with van der Waals surface area (Å²) in [5.74, 6) is 1.29. The molecule has 78 heavy (non-hydrogen) atoms. The van der Waals surface area contributed by atoms with Crippen LogP contribution in [-0.4, -0.2) is 4.40 Å². The highest BCUT2D eigenvalue weighted by Gasteiger charge is 2.27. The Morgan fingerprint density at radius 3 is 1.45 bits per heavy atom. The van der Waals surface area contributed by atoms with E-state index in [0.29, 0.717) is 11.8 Å². The minimum absolute atomic E-state index is 0.643. The highest BCUT2D eigenvalue weighted by molar-refractivity contribution is 6.34. The van der Waals surface area contributed by atoms with Crippen LogP contribution in [0.4, 0.5) is 34.1 Å². The zero-order valence-corrected chi connectivity index (χ0v) is 43.8. The first-order valence-corrected chi connectivity index (χ1v) is 28.6. The predicted molar refractivity (Wildman–Crippen MR) is 330 cm³/mol. The molecule has 2 aliphatic carbocycles. The van der Waals surface area contributed by atoms with Gasteiger partial charge >= 0.3 is 0 Å². The van der Waals surface area contributed by atoms with E-state index in [1.165, 1.54) is 140 Å². The van der Waals surface area contributed by atoms with Gasteiger partial charge in [0.2, 0.25) is 5.71 Å². The van der Waals surface area contributed by atoms with Gasteiger partial charge in [-0.1, -0.05) is 166 Å². The number of hydrogen-bond acceptors (Lipinski definition) is 3. The van der Waals surface area contributed by atoms with E-state index in [4.69, 9.17) is 4.42 Å². The Labute approximate surface area is 454 Å². The van der Waals surface area contributed by atoms with Gasteiger partial charge in [0, 0.05) is 61.7 Å². The van der Waals surface area contributed by atoms with Crippen molar-refractivity contribution >= 4 is 116 Å². The smallest absolute Gasteiger partial charge is 0.213 e. The van der Waals surface area contributed by atoms with E-state index >= 15 is 0 Å². The number of anilines is 6. The predicted octanol–water partition coefficient (Wildman–Crippen LogP) is 21.7. The number of nitrogens with zero attached hydrogens (tertiary/aromatic N) is 3. The van der Waals surface area contributed by atoms with Gasteiger partial charge in [0.25, 0.3) is 0 Å². The summed E-state index contributed by atoms with van der Waals surface area (Å²) in [5.41, 5.74) is 16.2. The summed E-state index contributed by atoms with van der Waals surface area (Å²) in [6, 6.07) is 84.3. The molecule has 3 aromatic heterocycles. The Hall–Kier alpha value is -8.86. The first-order valence-electron chi connectivity index (χ1n) is 28.6. The van der Waals surface area contributed by atoms with Gasteiger partial charge in [0.05, 0.1) is 16.4 Å². The second-order valence-electron chi connectivity index (χ2n) is 22.5. The van der Waals surface area contributed by atoms with Crippen LogP contribution in [0.2, 0.25) is 0 Å². The van der Waals surface area contributed by atoms with Gasteiger partial charge in [-0.15, -0.1) is 0 Å². The van der Waals surface area contributed by atoms with Crippen LogP contribution in [0.3, 0.4) is 0 Å². The lowest BCUT2D eigenvalue weighted by Gasteiger charge is -2.27. The molecule has 11 aromatic carbocycles. The maximum atomic E-state index is 7.32. The Morgan fingerprint density at radius 2 is 0.846 bits per heavy atom. The number of aromatic nitrogens is 1. The second kappa shape index (κ2) is 18.4. The van der Waals surface area contributed by atoms with Gasteiger partial charge in [-0.25, -0.2) is 0 Å². The van der Waals surface area contributed by atoms with Crippen LogP contribution < -0.4 is 9.80 Å². The van der Waals surface area contributed by atoms with Crippen LogP contribution in [0.5, 0.6) is 0 Å². The summed E-state index contributed by atoms with van der Waals surface area (Å²) in [6.45, 7) is 0. The third kappa shape index (κ3) is 7.48. The van der Waals surface area contributed by atoms with Gasteiger partial charge in [0.1, 0.15) is 5.58 Å². The SMILES string of the molecule is c1ccc(-c2ccc3c(c2)c2c4cc(N(c5ccc(C6CCCCC6)cc5)c5ccc6ccccc6c5)ccc4cc4c5c6ccc(N(c7ccc(C8CCCCC8)cc7)c7ccc8ccccc8c7)cc6oc5n3c42)cc1. The summed E-state index contributed by atoms with van der Waals surface area (Å²) < 4.78 is 9.74. The fraction of sp³-hybridized carbons (Fsp3) is 0.162. The maximum Gasteiger partial charge on any atom is 0.213 e. The van der Waals surface area contributed by atoms with Gasteiger partial charge in [-0.3, -0.25) is 4.40 Å². The summed E-state index contributed by atoms with van der Waals surface area (Å²) in [4.78, 5) is 4.87. The van der Waals surface area contributed by atoms with E-state index in [9.17, 15) is 0 Å². The zero-order chi connectivity index (χ0) is 51.3. The van der Waals surface area contributed by atoms with Crippen molar-refractivity contribution < 1.29 is 4.42 Å². The maximum absolute atomic E-state index is 7.32. The quantitative estimate of drug-likeness (QED) is 0.144. The average Bonchev–Trinajstić information content (AvgIpc) is 3.32. The highest BCUT2D eigenvalue weighted by atomic mass is 16.3. The summed E-state index contributed by atoms with van der Waals surface area (Å²) >= 11 is 0. The molecule has 0 amide bonds. The lowest BCUT2D eigenvalue weighted by atomic mass is 9.84. The van der Waals surface area contributed by atoms with Gasteiger partial charge in [-0.2, -0.15) is 0 Å². The molecule has 0 saturated heterocycles. The topological polar surface area (TPSA) is 24.0 Å². The van der Waals surface area contributed by atoms with E-state index in [0.717, 1.165) is 61.7 Å². The molecule has 4 nitrogen and oxygen atoms in total. The number of fused-ring (bicyclic) bond motifs is 12. The summed E-state index contributed by atoms with van der Waals surface area (Å²) in [6.07, 6.45) is 13.1. The molecular weight excluding hydrogens is 947 g/mol. The molecule has 376 valence electrons.